The molecule has 0 N–H and O–H groups in total. The predicted molar refractivity (Wildman–Crippen MR) is 130 cm³/mol. The van der Waals surface area contributed by atoms with Crippen molar-refractivity contribution < 1.29 is 19.0 Å². The van der Waals surface area contributed by atoms with E-state index in [0.717, 1.165) is 42.7 Å². The Labute approximate surface area is 197 Å². The summed E-state index contributed by atoms with van der Waals surface area (Å²) in [6.45, 7) is 2.22. The van der Waals surface area contributed by atoms with E-state index in [4.69, 9.17) is 14.2 Å². The molecule has 0 saturated heterocycles. The van der Waals surface area contributed by atoms with E-state index in [1.807, 2.05) is 18.2 Å². The molecule has 0 atom stereocenters. The fraction of sp³-hybridized carbons (Fsp3) is 0.429. The van der Waals surface area contributed by atoms with Crippen molar-refractivity contribution in [3.8, 4) is 23.3 Å². The lowest BCUT2D eigenvalue weighted by Crippen LogP contribution is -2.25. The molecule has 0 spiro atoms. The zero-order valence-electron chi connectivity index (χ0n) is 19.8. The molecule has 174 valence electrons. The summed E-state index contributed by atoms with van der Waals surface area (Å²) in [5.74, 6) is 2.35. The van der Waals surface area contributed by atoms with Crippen LogP contribution in [0.4, 0.5) is 0 Å². The highest BCUT2D eigenvalue weighted by atomic mass is 16.5. The van der Waals surface area contributed by atoms with Gasteiger partial charge in [-0.15, -0.1) is 0 Å². The molecule has 0 aliphatic heterocycles. The Hall–Kier alpha value is -3.26. The smallest absolute Gasteiger partial charge is 0.314 e. The van der Waals surface area contributed by atoms with Crippen molar-refractivity contribution in [2.75, 3.05) is 14.2 Å². The SMILES string of the molecule is CCCCC1CCC(C(=O)Oc2ccc(/C=C(/C#N)c3ccc(OC)c(OC)c3)cc2)CC1. The van der Waals surface area contributed by atoms with Gasteiger partial charge in [-0.3, -0.25) is 4.79 Å². The third-order valence-corrected chi connectivity index (χ3v) is 6.37. The summed E-state index contributed by atoms with van der Waals surface area (Å²) < 4.78 is 16.2. The van der Waals surface area contributed by atoms with Gasteiger partial charge in [0.2, 0.25) is 0 Å². The van der Waals surface area contributed by atoms with E-state index < -0.39 is 0 Å². The number of allylic oxidation sites excluding steroid dienone is 1. The molecular formula is C28H33NO4. The highest BCUT2D eigenvalue weighted by Crippen LogP contribution is 2.33. The lowest BCUT2D eigenvalue weighted by Gasteiger charge is -2.27. The van der Waals surface area contributed by atoms with Gasteiger partial charge in [0.25, 0.3) is 0 Å². The third kappa shape index (κ3) is 6.61. The molecule has 0 radical (unpaired) electrons. The minimum Gasteiger partial charge on any atom is -0.493 e. The van der Waals surface area contributed by atoms with Crippen LogP contribution in [0.3, 0.4) is 0 Å². The lowest BCUT2D eigenvalue weighted by molar-refractivity contribution is -0.140. The zero-order chi connectivity index (χ0) is 23.6. The average molecular weight is 448 g/mol. The molecule has 0 unspecified atom stereocenters. The van der Waals surface area contributed by atoms with E-state index in [9.17, 15) is 10.1 Å². The van der Waals surface area contributed by atoms with Crippen LogP contribution in [-0.2, 0) is 4.79 Å². The van der Waals surface area contributed by atoms with Crippen molar-refractivity contribution >= 4 is 17.6 Å². The molecule has 3 rings (SSSR count). The molecule has 5 nitrogen and oxygen atoms in total. The first-order valence-corrected chi connectivity index (χ1v) is 11.7. The zero-order valence-corrected chi connectivity index (χ0v) is 19.8. The number of hydrogen-bond acceptors (Lipinski definition) is 5. The van der Waals surface area contributed by atoms with Crippen molar-refractivity contribution in [2.45, 2.75) is 51.9 Å². The number of ether oxygens (including phenoxy) is 3. The molecule has 1 aliphatic rings. The number of rotatable bonds is 9. The van der Waals surface area contributed by atoms with Gasteiger partial charge in [-0.2, -0.15) is 5.26 Å². The van der Waals surface area contributed by atoms with Crippen LogP contribution in [0.25, 0.3) is 11.6 Å². The van der Waals surface area contributed by atoms with E-state index in [2.05, 4.69) is 13.0 Å². The minimum absolute atomic E-state index is 0.00214. The van der Waals surface area contributed by atoms with Gasteiger partial charge in [0.1, 0.15) is 5.75 Å². The summed E-state index contributed by atoms with van der Waals surface area (Å²) in [6, 6.07) is 14.9. The molecule has 2 aromatic carbocycles. The number of hydrogen-bond donors (Lipinski definition) is 0. The fourth-order valence-corrected chi connectivity index (χ4v) is 4.36. The second-order valence-electron chi connectivity index (χ2n) is 8.59. The standard InChI is InChI=1S/C28H33NO4/c1-4-5-6-20-7-11-22(12-8-20)28(30)33-25-14-9-21(10-15-25)17-24(19-29)23-13-16-26(31-2)27(18-23)32-3/h9-10,13-18,20,22H,4-8,11-12H2,1-3H3/b24-17-. The van der Waals surface area contributed by atoms with Gasteiger partial charge >= 0.3 is 5.97 Å². The second kappa shape index (κ2) is 12.1. The summed E-state index contributed by atoms with van der Waals surface area (Å²) in [5, 5.41) is 9.66. The first-order chi connectivity index (χ1) is 16.1. The topological polar surface area (TPSA) is 68.6 Å². The molecule has 5 heteroatoms. The molecule has 1 saturated carbocycles. The predicted octanol–water partition coefficient (Wildman–Crippen LogP) is 6.67. The Morgan fingerprint density at radius 2 is 1.73 bits per heavy atom. The number of nitriles is 1. The van der Waals surface area contributed by atoms with Crippen LogP contribution in [0.1, 0.15) is 63.0 Å². The molecule has 1 fully saturated rings. The largest absolute Gasteiger partial charge is 0.493 e. The first-order valence-electron chi connectivity index (χ1n) is 11.7. The molecule has 1 aliphatic carbocycles. The monoisotopic (exact) mass is 447 g/mol. The van der Waals surface area contributed by atoms with Gasteiger partial charge in [0.15, 0.2) is 11.5 Å². The van der Waals surface area contributed by atoms with Crippen molar-refractivity contribution in [2.24, 2.45) is 11.8 Å². The highest BCUT2D eigenvalue weighted by Gasteiger charge is 2.27. The number of esters is 1. The minimum atomic E-state index is -0.129. The molecule has 0 heterocycles. The summed E-state index contributed by atoms with van der Waals surface area (Å²) in [5.41, 5.74) is 2.08. The maximum absolute atomic E-state index is 12.6. The Morgan fingerprint density at radius 1 is 1.03 bits per heavy atom. The van der Waals surface area contributed by atoms with E-state index in [1.165, 1.54) is 19.3 Å². The number of methoxy groups -OCH3 is 2. The van der Waals surface area contributed by atoms with Crippen LogP contribution in [-0.4, -0.2) is 20.2 Å². The van der Waals surface area contributed by atoms with Crippen LogP contribution < -0.4 is 14.2 Å². The van der Waals surface area contributed by atoms with Crippen molar-refractivity contribution in [1.82, 2.24) is 0 Å². The Morgan fingerprint density at radius 3 is 2.33 bits per heavy atom. The molecule has 2 aromatic rings. The summed E-state index contributed by atoms with van der Waals surface area (Å²) >= 11 is 0. The number of carbonyl (C=O) groups excluding carboxylic acids is 1. The van der Waals surface area contributed by atoms with Crippen LogP contribution in [0.15, 0.2) is 42.5 Å². The molecular weight excluding hydrogens is 414 g/mol. The Kier molecular flexibility index (Phi) is 8.95. The fourth-order valence-electron chi connectivity index (χ4n) is 4.36. The number of unbranched alkanes of at least 4 members (excludes halogenated alkanes) is 1. The molecule has 0 bridgehead atoms. The summed E-state index contributed by atoms with van der Waals surface area (Å²) in [4.78, 5) is 12.6. The van der Waals surface area contributed by atoms with E-state index in [0.29, 0.717) is 22.8 Å². The molecule has 33 heavy (non-hydrogen) atoms. The van der Waals surface area contributed by atoms with Crippen LogP contribution in [0.5, 0.6) is 17.2 Å². The van der Waals surface area contributed by atoms with Gasteiger partial charge in [0, 0.05) is 0 Å². The lowest BCUT2D eigenvalue weighted by atomic mass is 9.80. The maximum Gasteiger partial charge on any atom is 0.314 e. The number of carbonyl (C=O) groups is 1. The van der Waals surface area contributed by atoms with Gasteiger partial charge in [-0.1, -0.05) is 38.3 Å². The summed E-state index contributed by atoms with van der Waals surface area (Å²) in [7, 11) is 3.14. The highest BCUT2D eigenvalue weighted by molar-refractivity contribution is 5.90. The van der Waals surface area contributed by atoms with Crippen LogP contribution in [0, 0.1) is 23.2 Å². The van der Waals surface area contributed by atoms with Gasteiger partial charge in [-0.25, -0.2) is 0 Å². The summed E-state index contributed by atoms with van der Waals surface area (Å²) in [6.07, 6.45) is 9.67. The van der Waals surface area contributed by atoms with E-state index >= 15 is 0 Å². The number of benzene rings is 2. The Balaban J connectivity index is 1.62. The van der Waals surface area contributed by atoms with E-state index in [1.54, 1.807) is 44.6 Å². The van der Waals surface area contributed by atoms with Crippen molar-refractivity contribution in [1.29, 1.82) is 5.26 Å². The normalized spacial score (nSPS) is 18.3. The van der Waals surface area contributed by atoms with Gasteiger partial charge < -0.3 is 14.2 Å². The van der Waals surface area contributed by atoms with Crippen molar-refractivity contribution in [3.63, 3.8) is 0 Å². The van der Waals surface area contributed by atoms with Crippen LogP contribution >= 0.6 is 0 Å². The molecule has 0 amide bonds. The van der Waals surface area contributed by atoms with Gasteiger partial charge in [0.05, 0.1) is 31.8 Å². The van der Waals surface area contributed by atoms with E-state index in [-0.39, 0.29) is 11.9 Å². The Bertz CT molecular complexity index is 996. The average Bonchev–Trinajstić information content (AvgIpc) is 2.86. The quantitative estimate of drug-likeness (QED) is 0.186. The molecule has 0 aromatic heterocycles. The first kappa shape index (κ1) is 24.4. The maximum atomic E-state index is 12.6. The second-order valence-corrected chi connectivity index (χ2v) is 8.59. The van der Waals surface area contributed by atoms with Crippen molar-refractivity contribution in [3.05, 3.63) is 53.6 Å². The van der Waals surface area contributed by atoms with Gasteiger partial charge in [-0.05, 0) is 79.1 Å². The number of nitrogens with zero attached hydrogens (tertiary/aromatic N) is 1. The van der Waals surface area contributed by atoms with Crippen LogP contribution in [0.2, 0.25) is 0 Å². The third-order valence-electron chi connectivity index (χ3n) is 6.37.